The SMILES string of the molecule is CC(N)(Cc1c(Cl)cccc1Cl)c1ccc(F)cn1. The van der Waals surface area contributed by atoms with Crippen LogP contribution in [0.3, 0.4) is 0 Å². The molecular formula is C14H13Cl2FN2. The maximum Gasteiger partial charge on any atom is 0.141 e. The second kappa shape index (κ2) is 5.45. The van der Waals surface area contributed by atoms with Crippen molar-refractivity contribution < 1.29 is 4.39 Å². The molecule has 2 rings (SSSR count). The van der Waals surface area contributed by atoms with Crippen molar-refractivity contribution in [3.63, 3.8) is 0 Å². The summed E-state index contributed by atoms with van der Waals surface area (Å²) in [5.74, 6) is -0.393. The molecule has 0 saturated heterocycles. The quantitative estimate of drug-likeness (QED) is 0.932. The van der Waals surface area contributed by atoms with Crippen molar-refractivity contribution in [3.05, 3.63) is 63.6 Å². The maximum atomic E-state index is 12.9. The molecule has 2 nitrogen and oxygen atoms in total. The normalized spacial score (nSPS) is 14.2. The van der Waals surface area contributed by atoms with Crippen molar-refractivity contribution >= 4 is 23.2 Å². The molecule has 0 radical (unpaired) electrons. The molecule has 2 N–H and O–H groups in total. The second-order valence-corrected chi connectivity index (χ2v) is 5.47. The summed E-state index contributed by atoms with van der Waals surface area (Å²) >= 11 is 12.3. The minimum atomic E-state index is -0.775. The molecule has 2 aromatic rings. The van der Waals surface area contributed by atoms with E-state index in [2.05, 4.69) is 4.98 Å². The highest BCUT2D eigenvalue weighted by Crippen LogP contribution is 2.30. The van der Waals surface area contributed by atoms with Gasteiger partial charge in [0.25, 0.3) is 0 Å². The number of pyridine rings is 1. The van der Waals surface area contributed by atoms with Gasteiger partial charge in [-0.25, -0.2) is 4.39 Å². The minimum Gasteiger partial charge on any atom is -0.320 e. The second-order valence-electron chi connectivity index (χ2n) is 4.66. The van der Waals surface area contributed by atoms with Gasteiger partial charge in [-0.05, 0) is 43.2 Å². The zero-order valence-corrected chi connectivity index (χ0v) is 11.8. The van der Waals surface area contributed by atoms with Crippen LogP contribution in [-0.2, 0) is 12.0 Å². The first-order chi connectivity index (χ1) is 8.90. The van der Waals surface area contributed by atoms with Gasteiger partial charge in [0.15, 0.2) is 0 Å². The number of aromatic nitrogens is 1. The fourth-order valence-corrected chi connectivity index (χ4v) is 2.40. The van der Waals surface area contributed by atoms with Gasteiger partial charge in [0.05, 0.1) is 17.4 Å². The molecule has 0 aliphatic rings. The van der Waals surface area contributed by atoms with Crippen molar-refractivity contribution in [2.24, 2.45) is 5.73 Å². The van der Waals surface area contributed by atoms with Crippen LogP contribution in [0.15, 0.2) is 36.5 Å². The van der Waals surface area contributed by atoms with Crippen molar-refractivity contribution in [3.8, 4) is 0 Å². The van der Waals surface area contributed by atoms with Gasteiger partial charge in [-0.3, -0.25) is 4.98 Å². The summed E-state index contributed by atoms with van der Waals surface area (Å²) in [4.78, 5) is 4.02. The van der Waals surface area contributed by atoms with Crippen molar-refractivity contribution in [1.29, 1.82) is 0 Å². The van der Waals surface area contributed by atoms with E-state index >= 15 is 0 Å². The van der Waals surface area contributed by atoms with Crippen LogP contribution in [0.4, 0.5) is 4.39 Å². The van der Waals surface area contributed by atoms with Crippen LogP contribution in [0.1, 0.15) is 18.2 Å². The summed E-state index contributed by atoms with van der Waals surface area (Å²) in [5, 5.41) is 1.12. The number of hydrogen-bond acceptors (Lipinski definition) is 2. The van der Waals surface area contributed by atoms with Gasteiger partial charge in [0.2, 0.25) is 0 Å². The summed E-state index contributed by atoms with van der Waals surface area (Å²) < 4.78 is 12.9. The Balaban J connectivity index is 2.33. The fraction of sp³-hybridized carbons (Fsp3) is 0.214. The monoisotopic (exact) mass is 298 g/mol. The zero-order chi connectivity index (χ0) is 14.0. The smallest absolute Gasteiger partial charge is 0.141 e. The Morgan fingerprint density at radius 3 is 2.37 bits per heavy atom. The number of nitrogens with zero attached hydrogens (tertiary/aromatic N) is 1. The molecule has 5 heteroatoms. The third-order valence-electron chi connectivity index (χ3n) is 2.92. The molecule has 0 bridgehead atoms. The van der Waals surface area contributed by atoms with Gasteiger partial charge >= 0.3 is 0 Å². The molecule has 0 spiro atoms. The lowest BCUT2D eigenvalue weighted by Gasteiger charge is -2.25. The van der Waals surface area contributed by atoms with E-state index in [0.29, 0.717) is 22.2 Å². The largest absolute Gasteiger partial charge is 0.320 e. The number of rotatable bonds is 3. The van der Waals surface area contributed by atoms with E-state index in [1.807, 2.05) is 6.92 Å². The van der Waals surface area contributed by atoms with Gasteiger partial charge in [-0.2, -0.15) is 0 Å². The number of halogens is 3. The molecule has 1 unspecified atom stereocenters. The predicted octanol–water partition coefficient (Wildman–Crippen LogP) is 3.94. The van der Waals surface area contributed by atoms with Gasteiger partial charge in [0.1, 0.15) is 5.82 Å². The van der Waals surface area contributed by atoms with Gasteiger partial charge in [-0.1, -0.05) is 29.3 Å². The Bertz CT molecular complexity index is 562. The van der Waals surface area contributed by atoms with Crippen molar-refractivity contribution in [1.82, 2.24) is 4.98 Å². The first kappa shape index (κ1) is 14.3. The summed E-state index contributed by atoms with van der Waals surface area (Å²) in [6.07, 6.45) is 1.57. The molecule has 0 fully saturated rings. The molecule has 19 heavy (non-hydrogen) atoms. The zero-order valence-electron chi connectivity index (χ0n) is 10.3. The van der Waals surface area contributed by atoms with Crippen LogP contribution in [0.5, 0.6) is 0 Å². The Labute approximate surface area is 121 Å². The average Bonchev–Trinajstić information content (AvgIpc) is 2.35. The molecule has 1 atom stereocenters. The minimum absolute atomic E-state index is 0.393. The standard InChI is InChI=1S/C14H13Cl2FN2/c1-14(18,13-6-5-9(17)8-19-13)7-10-11(15)3-2-4-12(10)16/h2-6,8H,7,18H2,1H3. The van der Waals surface area contributed by atoms with Gasteiger partial charge in [-0.15, -0.1) is 0 Å². The topological polar surface area (TPSA) is 38.9 Å². The Hall–Kier alpha value is -1.16. The van der Waals surface area contributed by atoms with Crippen molar-refractivity contribution in [2.45, 2.75) is 18.9 Å². The summed E-state index contributed by atoms with van der Waals surface area (Å²) in [7, 11) is 0. The highest BCUT2D eigenvalue weighted by Gasteiger charge is 2.25. The third-order valence-corrected chi connectivity index (χ3v) is 3.63. The first-order valence-electron chi connectivity index (χ1n) is 5.74. The lowest BCUT2D eigenvalue weighted by molar-refractivity contribution is 0.473. The number of hydrogen-bond donors (Lipinski definition) is 1. The molecule has 0 aliphatic heterocycles. The summed E-state index contributed by atoms with van der Waals surface area (Å²) in [6.45, 7) is 1.81. The van der Waals surface area contributed by atoms with Crippen LogP contribution in [-0.4, -0.2) is 4.98 Å². The van der Waals surface area contributed by atoms with E-state index in [-0.39, 0.29) is 0 Å². The van der Waals surface area contributed by atoms with Crippen LogP contribution in [0.25, 0.3) is 0 Å². The lowest BCUT2D eigenvalue weighted by Crippen LogP contribution is -2.36. The predicted molar refractivity (Wildman–Crippen MR) is 75.9 cm³/mol. The molecule has 1 aromatic carbocycles. The van der Waals surface area contributed by atoms with Crippen LogP contribution < -0.4 is 5.73 Å². The highest BCUT2D eigenvalue weighted by atomic mass is 35.5. The van der Waals surface area contributed by atoms with Crippen molar-refractivity contribution in [2.75, 3.05) is 0 Å². The molecule has 1 aromatic heterocycles. The molecule has 0 saturated carbocycles. The molecule has 100 valence electrons. The van der Waals surface area contributed by atoms with E-state index < -0.39 is 11.4 Å². The van der Waals surface area contributed by atoms with E-state index in [0.717, 1.165) is 11.8 Å². The Kier molecular flexibility index (Phi) is 4.09. The molecular weight excluding hydrogens is 286 g/mol. The van der Waals surface area contributed by atoms with Crippen LogP contribution >= 0.6 is 23.2 Å². The highest BCUT2D eigenvalue weighted by molar-refractivity contribution is 6.36. The fourth-order valence-electron chi connectivity index (χ4n) is 1.87. The molecule has 0 amide bonds. The summed E-state index contributed by atoms with van der Waals surface area (Å²) in [6, 6.07) is 8.20. The first-order valence-corrected chi connectivity index (χ1v) is 6.49. The van der Waals surface area contributed by atoms with Gasteiger partial charge in [0, 0.05) is 10.0 Å². The van der Waals surface area contributed by atoms with E-state index in [1.54, 1.807) is 24.3 Å². The van der Waals surface area contributed by atoms with Gasteiger partial charge < -0.3 is 5.73 Å². The van der Waals surface area contributed by atoms with E-state index in [4.69, 9.17) is 28.9 Å². The van der Waals surface area contributed by atoms with Crippen LogP contribution in [0, 0.1) is 5.82 Å². The average molecular weight is 299 g/mol. The third kappa shape index (κ3) is 3.24. The maximum absolute atomic E-state index is 12.9. The van der Waals surface area contributed by atoms with E-state index in [1.165, 1.54) is 6.07 Å². The molecule has 1 heterocycles. The van der Waals surface area contributed by atoms with Crippen LogP contribution in [0.2, 0.25) is 10.0 Å². The number of benzene rings is 1. The lowest BCUT2D eigenvalue weighted by atomic mass is 9.90. The Morgan fingerprint density at radius 2 is 1.84 bits per heavy atom. The Morgan fingerprint density at radius 1 is 1.21 bits per heavy atom. The number of nitrogens with two attached hydrogens (primary N) is 1. The van der Waals surface area contributed by atoms with E-state index in [9.17, 15) is 4.39 Å². The molecule has 0 aliphatic carbocycles. The summed E-state index contributed by atoms with van der Waals surface area (Å²) in [5.41, 5.74) is 6.83.